The van der Waals surface area contributed by atoms with Crippen molar-refractivity contribution < 1.29 is 14.4 Å². The minimum atomic E-state index is -0.759. The molecule has 3 N–H and O–H groups in total. The van der Waals surface area contributed by atoms with E-state index in [-0.39, 0.29) is 17.7 Å². The van der Waals surface area contributed by atoms with Crippen molar-refractivity contribution in [3.63, 3.8) is 0 Å². The molecule has 0 aliphatic carbocycles. The number of hydrogen-bond donors (Lipinski definition) is 3. The summed E-state index contributed by atoms with van der Waals surface area (Å²) in [6.07, 6.45) is 0.692. The van der Waals surface area contributed by atoms with Crippen LogP contribution in [0.5, 0.6) is 0 Å². The minimum Gasteiger partial charge on any atom is -0.358 e. The largest absolute Gasteiger partial charge is 0.358 e. The predicted octanol–water partition coefficient (Wildman–Crippen LogP) is 3.60. The van der Waals surface area contributed by atoms with Gasteiger partial charge in [0.1, 0.15) is 6.04 Å². The lowest BCUT2D eigenvalue weighted by molar-refractivity contribution is -0.132. The molecule has 1 aromatic heterocycles. The Morgan fingerprint density at radius 3 is 2.50 bits per heavy atom. The van der Waals surface area contributed by atoms with E-state index in [9.17, 15) is 14.4 Å². The zero-order chi connectivity index (χ0) is 23.0. The number of carbonyl (C=O) groups excluding carboxylic acids is 3. The van der Waals surface area contributed by atoms with Gasteiger partial charge in [-0.15, -0.1) is 0 Å². The molecule has 0 saturated heterocycles. The molecule has 2 heterocycles. The molecule has 3 amide bonds. The zero-order valence-corrected chi connectivity index (χ0v) is 18.7. The molecule has 3 atom stereocenters. The SMILES string of the molecule is CCC(C)C(C(=O)NNC(C)=O)N1C(=O)c2ccccc2C1c1c(C)[nH]c2ccccc12. The lowest BCUT2D eigenvalue weighted by Crippen LogP contribution is -2.55. The van der Waals surface area contributed by atoms with Crippen molar-refractivity contribution in [1.29, 1.82) is 0 Å². The number of benzene rings is 2. The third kappa shape index (κ3) is 3.53. The van der Waals surface area contributed by atoms with Crippen LogP contribution >= 0.6 is 0 Å². The van der Waals surface area contributed by atoms with Crippen LogP contribution in [-0.4, -0.2) is 33.6 Å². The molecule has 0 fully saturated rings. The highest BCUT2D eigenvalue weighted by Gasteiger charge is 2.46. The summed E-state index contributed by atoms with van der Waals surface area (Å²) in [5.74, 6) is -1.09. The number of amides is 3. The molecule has 7 heteroatoms. The lowest BCUT2D eigenvalue weighted by Gasteiger charge is -2.36. The van der Waals surface area contributed by atoms with Gasteiger partial charge in [0, 0.05) is 34.6 Å². The second kappa shape index (κ2) is 8.49. The number of aromatic nitrogens is 1. The summed E-state index contributed by atoms with van der Waals surface area (Å²) in [6.45, 7) is 7.26. The number of para-hydroxylation sites is 1. The Balaban J connectivity index is 1.90. The topological polar surface area (TPSA) is 94.3 Å². The van der Waals surface area contributed by atoms with Gasteiger partial charge in [0.25, 0.3) is 11.8 Å². The van der Waals surface area contributed by atoms with Crippen LogP contribution in [0.25, 0.3) is 10.9 Å². The van der Waals surface area contributed by atoms with Gasteiger partial charge in [-0.2, -0.15) is 0 Å². The molecule has 2 aromatic carbocycles. The molecule has 3 aromatic rings. The summed E-state index contributed by atoms with van der Waals surface area (Å²) >= 11 is 0. The molecule has 0 saturated carbocycles. The van der Waals surface area contributed by atoms with Gasteiger partial charge in [-0.05, 0) is 30.5 Å². The third-order valence-electron chi connectivity index (χ3n) is 6.33. The van der Waals surface area contributed by atoms with E-state index in [0.29, 0.717) is 12.0 Å². The monoisotopic (exact) mass is 432 g/mol. The number of carbonyl (C=O) groups is 3. The summed E-state index contributed by atoms with van der Waals surface area (Å²) in [5, 5.41) is 1.02. The van der Waals surface area contributed by atoms with Gasteiger partial charge in [0.2, 0.25) is 5.91 Å². The molecule has 0 radical (unpaired) electrons. The highest BCUT2D eigenvalue weighted by Crippen LogP contribution is 2.44. The van der Waals surface area contributed by atoms with Crippen molar-refractivity contribution in [2.24, 2.45) is 5.92 Å². The number of rotatable bonds is 5. The first kappa shape index (κ1) is 21.6. The van der Waals surface area contributed by atoms with Gasteiger partial charge in [-0.3, -0.25) is 25.2 Å². The number of aromatic amines is 1. The van der Waals surface area contributed by atoms with Crippen LogP contribution in [-0.2, 0) is 9.59 Å². The fourth-order valence-corrected chi connectivity index (χ4v) is 4.67. The quantitative estimate of drug-likeness (QED) is 0.538. The average molecular weight is 433 g/mol. The Morgan fingerprint density at radius 2 is 1.78 bits per heavy atom. The number of hydrogen-bond acceptors (Lipinski definition) is 3. The fraction of sp³-hybridized carbons (Fsp3) is 0.320. The fourth-order valence-electron chi connectivity index (χ4n) is 4.67. The first-order chi connectivity index (χ1) is 15.3. The first-order valence-electron chi connectivity index (χ1n) is 10.9. The standard InChI is InChI=1S/C25H28N4O3/c1-5-14(2)22(24(31)28-27-16(4)30)29-23(17-10-6-7-11-18(17)25(29)32)21-15(3)26-20-13-9-8-12-19(20)21/h6-14,22-23,26H,5H2,1-4H3,(H,27,30)(H,28,31). The number of nitrogens with zero attached hydrogens (tertiary/aromatic N) is 1. The van der Waals surface area contributed by atoms with Crippen molar-refractivity contribution in [2.45, 2.75) is 46.2 Å². The molecule has 0 spiro atoms. The Bertz CT molecular complexity index is 1200. The number of fused-ring (bicyclic) bond motifs is 2. The van der Waals surface area contributed by atoms with Crippen molar-refractivity contribution in [3.05, 3.63) is 70.9 Å². The van der Waals surface area contributed by atoms with E-state index in [1.54, 1.807) is 4.90 Å². The molecule has 3 unspecified atom stereocenters. The van der Waals surface area contributed by atoms with E-state index in [4.69, 9.17) is 0 Å². The van der Waals surface area contributed by atoms with E-state index < -0.39 is 18.0 Å². The highest BCUT2D eigenvalue weighted by molar-refractivity contribution is 6.03. The third-order valence-corrected chi connectivity index (χ3v) is 6.33. The van der Waals surface area contributed by atoms with E-state index in [1.807, 2.05) is 69.3 Å². The van der Waals surface area contributed by atoms with Crippen LogP contribution in [0.15, 0.2) is 48.5 Å². The highest BCUT2D eigenvalue weighted by atomic mass is 16.2. The summed E-state index contributed by atoms with van der Waals surface area (Å²) in [5.41, 5.74) is 9.28. The smallest absolute Gasteiger partial charge is 0.261 e. The van der Waals surface area contributed by atoms with Gasteiger partial charge in [0.05, 0.1) is 6.04 Å². The van der Waals surface area contributed by atoms with Crippen LogP contribution in [0, 0.1) is 12.8 Å². The lowest BCUT2D eigenvalue weighted by atomic mass is 9.91. The van der Waals surface area contributed by atoms with Crippen molar-refractivity contribution in [3.8, 4) is 0 Å². The van der Waals surface area contributed by atoms with Gasteiger partial charge < -0.3 is 9.88 Å². The van der Waals surface area contributed by atoms with Crippen LogP contribution in [0.1, 0.15) is 60.4 Å². The maximum Gasteiger partial charge on any atom is 0.261 e. The second-order valence-electron chi connectivity index (χ2n) is 8.41. The normalized spacial score (nSPS) is 17.2. The van der Waals surface area contributed by atoms with Crippen LogP contribution in [0.3, 0.4) is 0 Å². The molecular weight excluding hydrogens is 404 g/mol. The Kier molecular flexibility index (Phi) is 5.74. The van der Waals surface area contributed by atoms with Crippen LogP contribution in [0.4, 0.5) is 0 Å². The zero-order valence-electron chi connectivity index (χ0n) is 18.7. The van der Waals surface area contributed by atoms with Crippen LogP contribution in [0.2, 0.25) is 0 Å². The molecule has 1 aliphatic rings. The second-order valence-corrected chi connectivity index (χ2v) is 8.41. The molecular formula is C25H28N4O3. The van der Waals surface area contributed by atoms with E-state index in [1.165, 1.54) is 6.92 Å². The van der Waals surface area contributed by atoms with E-state index in [0.717, 1.165) is 27.7 Å². The molecule has 32 heavy (non-hydrogen) atoms. The van der Waals surface area contributed by atoms with Crippen molar-refractivity contribution in [1.82, 2.24) is 20.7 Å². The summed E-state index contributed by atoms with van der Waals surface area (Å²) in [4.78, 5) is 43.5. The van der Waals surface area contributed by atoms with Gasteiger partial charge in [-0.1, -0.05) is 56.7 Å². The van der Waals surface area contributed by atoms with Gasteiger partial charge in [0.15, 0.2) is 0 Å². The number of nitrogens with one attached hydrogen (secondary N) is 3. The molecule has 0 bridgehead atoms. The maximum absolute atomic E-state index is 13.7. The van der Waals surface area contributed by atoms with Crippen molar-refractivity contribution >= 4 is 28.6 Å². The van der Waals surface area contributed by atoms with E-state index in [2.05, 4.69) is 15.8 Å². The maximum atomic E-state index is 13.7. The summed E-state index contributed by atoms with van der Waals surface area (Å²) in [7, 11) is 0. The number of aryl methyl sites for hydroxylation is 1. The first-order valence-corrected chi connectivity index (χ1v) is 10.9. The van der Waals surface area contributed by atoms with E-state index >= 15 is 0 Å². The summed E-state index contributed by atoms with van der Waals surface area (Å²) in [6, 6.07) is 14.3. The molecule has 7 nitrogen and oxygen atoms in total. The molecule has 4 rings (SSSR count). The Morgan fingerprint density at radius 1 is 1.09 bits per heavy atom. The summed E-state index contributed by atoms with van der Waals surface area (Å²) < 4.78 is 0. The molecule has 166 valence electrons. The van der Waals surface area contributed by atoms with Crippen molar-refractivity contribution in [2.75, 3.05) is 0 Å². The molecule has 1 aliphatic heterocycles. The number of hydrazine groups is 1. The van der Waals surface area contributed by atoms with Gasteiger partial charge in [-0.25, -0.2) is 0 Å². The average Bonchev–Trinajstić information content (AvgIpc) is 3.25. The van der Waals surface area contributed by atoms with Gasteiger partial charge >= 0.3 is 0 Å². The Hall–Kier alpha value is -3.61. The Labute approximate surface area is 187 Å². The van der Waals surface area contributed by atoms with Crippen LogP contribution < -0.4 is 10.9 Å². The minimum absolute atomic E-state index is 0.130. The number of H-pyrrole nitrogens is 1. The predicted molar refractivity (Wildman–Crippen MR) is 123 cm³/mol.